The number of fused-ring (bicyclic) bond motifs is 1. The molecule has 5 aromatic rings. The quantitative estimate of drug-likeness (QED) is 0.255. The van der Waals surface area contributed by atoms with E-state index in [1.807, 2.05) is 42.6 Å². The summed E-state index contributed by atoms with van der Waals surface area (Å²) in [6.07, 6.45) is 1.94. The molecule has 2 heterocycles. The van der Waals surface area contributed by atoms with Crippen LogP contribution in [0.1, 0.15) is 12.5 Å². The lowest BCUT2D eigenvalue weighted by Crippen LogP contribution is -2.44. The van der Waals surface area contributed by atoms with E-state index < -0.39 is 0 Å². The van der Waals surface area contributed by atoms with Crippen LogP contribution in [0, 0.1) is 0 Å². The molecule has 0 aliphatic carbocycles. The summed E-state index contributed by atoms with van der Waals surface area (Å²) in [5, 5.41) is 0.899. The predicted molar refractivity (Wildman–Crippen MR) is 150 cm³/mol. The molecule has 1 aliphatic rings. The molecule has 37 heavy (non-hydrogen) atoms. The number of hydrogen-bond acceptors (Lipinski definition) is 4. The summed E-state index contributed by atoms with van der Waals surface area (Å²) in [5.74, 6) is 1.26. The maximum absolute atomic E-state index is 12.0. The van der Waals surface area contributed by atoms with Crippen LogP contribution in [0.15, 0.2) is 121 Å². The van der Waals surface area contributed by atoms with Crippen LogP contribution in [0.3, 0.4) is 0 Å². The summed E-state index contributed by atoms with van der Waals surface area (Å²) in [7, 11) is 0. The first-order chi connectivity index (χ1) is 18.2. The number of hydrogen-bond donors (Lipinski definition) is 0. The fourth-order valence-corrected chi connectivity index (χ4v) is 5.03. The minimum absolute atomic E-state index is 0.334. The molecule has 5 nitrogen and oxygen atoms in total. The molecule has 6 rings (SSSR count). The number of carbonyl (C=O) groups is 1. The third-order valence-corrected chi connectivity index (χ3v) is 6.66. The lowest BCUT2D eigenvalue weighted by molar-refractivity contribution is -0.131. The summed E-state index contributed by atoms with van der Waals surface area (Å²) in [5.41, 5.74) is 5.55. The normalized spacial score (nSPS) is 13.8. The number of ether oxygens (including phenoxy) is 1. The highest BCUT2D eigenvalue weighted by Gasteiger charge is 2.30. The predicted octanol–water partition coefficient (Wildman–Crippen LogP) is 6.88. The fourth-order valence-electron chi connectivity index (χ4n) is 5.03. The Labute approximate surface area is 216 Å². The molecule has 0 saturated heterocycles. The van der Waals surface area contributed by atoms with E-state index in [0.29, 0.717) is 12.4 Å². The second-order valence-corrected chi connectivity index (χ2v) is 9.08. The van der Waals surface area contributed by atoms with Crippen molar-refractivity contribution in [2.75, 3.05) is 23.0 Å². The first-order valence-corrected chi connectivity index (χ1v) is 12.4. The molecule has 0 N–H and O–H groups in total. The number of esters is 1. The molecule has 5 heteroatoms. The standard InChI is InChI=1S/C32H27N3O2/c1-24(36)37-31-22-34(30-20-12-11-19-28(30)31)32-29(25-13-5-2-6-14-25)21-33(26-15-7-3-8-16-26)23-35(32)27-17-9-4-10-18-27/h2-20,22H,21,23H2,1H3. The monoisotopic (exact) mass is 485 g/mol. The van der Waals surface area contributed by atoms with Gasteiger partial charge in [0.15, 0.2) is 5.75 Å². The molecule has 0 saturated carbocycles. The van der Waals surface area contributed by atoms with E-state index in [0.717, 1.165) is 40.2 Å². The molecule has 0 fully saturated rings. The molecular weight excluding hydrogens is 458 g/mol. The number of para-hydroxylation sites is 3. The minimum atomic E-state index is -0.334. The second-order valence-electron chi connectivity index (χ2n) is 9.08. The largest absolute Gasteiger partial charge is 0.424 e. The number of carbonyl (C=O) groups excluding carboxylic acids is 1. The summed E-state index contributed by atoms with van der Waals surface area (Å²) in [6.45, 7) is 2.83. The van der Waals surface area contributed by atoms with E-state index in [9.17, 15) is 4.79 Å². The Kier molecular flexibility index (Phi) is 5.95. The van der Waals surface area contributed by atoms with Gasteiger partial charge in [-0.2, -0.15) is 0 Å². The lowest BCUT2D eigenvalue weighted by Gasteiger charge is -2.41. The first-order valence-electron chi connectivity index (χ1n) is 12.4. The number of aromatic nitrogens is 1. The summed E-state index contributed by atoms with van der Waals surface area (Å²) in [4.78, 5) is 16.7. The molecule has 4 aromatic carbocycles. The third kappa shape index (κ3) is 4.36. The topological polar surface area (TPSA) is 37.7 Å². The molecule has 0 unspecified atom stereocenters. The Morgan fingerprint density at radius 2 is 1.32 bits per heavy atom. The molecule has 182 valence electrons. The van der Waals surface area contributed by atoms with Crippen molar-refractivity contribution >= 4 is 39.6 Å². The molecule has 0 amide bonds. The van der Waals surface area contributed by atoms with Gasteiger partial charge in [-0.05, 0) is 42.0 Å². The van der Waals surface area contributed by atoms with E-state index in [-0.39, 0.29) is 5.97 Å². The van der Waals surface area contributed by atoms with Crippen LogP contribution < -0.4 is 14.5 Å². The van der Waals surface area contributed by atoms with E-state index in [2.05, 4.69) is 93.2 Å². The average Bonchev–Trinajstić information content (AvgIpc) is 3.31. The highest BCUT2D eigenvalue weighted by Crippen LogP contribution is 2.39. The van der Waals surface area contributed by atoms with Gasteiger partial charge in [0.05, 0.1) is 18.4 Å². The van der Waals surface area contributed by atoms with Gasteiger partial charge >= 0.3 is 5.97 Å². The molecule has 0 spiro atoms. The third-order valence-electron chi connectivity index (χ3n) is 6.66. The Balaban J connectivity index is 1.64. The highest BCUT2D eigenvalue weighted by atomic mass is 16.5. The molecule has 1 aromatic heterocycles. The number of anilines is 2. The number of benzene rings is 4. The van der Waals surface area contributed by atoms with Crippen molar-refractivity contribution in [3.8, 4) is 5.75 Å². The van der Waals surface area contributed by atoms with Gasteiger partial charge in [-0.15, -0.1) is 0 Å². The van der Waals surface area contributed by atoms with E-state index >= 15 is 0 Å². The van der Waals surface area contributed by atoms with Crippen LogP contribution >= 0.6 is 0 Å². The zero-order valence-electron chi connectivity index (χ0n) is 20.6. The molecule has 0 radical (unpaired) electrons. The minimum Gasteiger partial charge on any atom is -0.424 e. The van der Waals surface area contributed by atoms with Crippen molar-refractivity contribution in [1.29, 1.82) is 0 Å². The second kappa shape index (κ2) is 9.70. The number of rotatable bonds is 5. The first kappa shape index (κ1) is 22.7. The van der Waals surface area contributed by atoms with E-state index in [1.165, 1.54) is 12.5 Å². The zero-order valence-corrected chi connectivity index (χ0v) is 20.6. The van der Waals surface area contributed by atoms with E-state index in [1.54, 1.807) is 0 Å². The fraction of sp³-hybridized carbons (Fsp3) is 0.0938. The van der Waals surface area contributed by atoms with Crippen molar-refractivity contribution < 1.29 is 9.53 Å². The maximum atomic E-state index is 12.0. The Hall–Kier alpha value is -4.77. The van der Waals surface area contributed by atoms with Gasteiger partial charge in [-0.3, -0.25) is 9.36 Å². The lowest BCUT2D eigenvalue weighted by atomic mass is 10.0. The molecule has 0 atom stereocenters. The van der Waals surface area contributed by atoms with Crippen molar-refractivity contribution in [3.05, 3.63) is 127 Å². The van der Waals surface area contributed by atoms with Gasteiger partial charge in [0.25, 0.3) is 0 Å². The van der Waals surface area contributed by atoms with Gasteiger partial charge < -0.3 is 14.5 Å². The van der Waals surface area contributed by atoms with E-state index in [4.69, 9.17) is 4.74 Å². The smallest absolute Gasteiger partial charge is 0.308 e. The summed E-state index contributed by atoms with van der Waals surface area (Å²) in [6, 6.07) is 39.5. The molecule has 1 aliphatic heterocycles. The van der Waals surface area contributed by atoms with Crippen molar-refractivity contribution in [3.63, 3.8) is 0 Å². The van der Waals surface area contributed by atoms with Gasteiger partial charge in [0, 0.05) is 35.8 Å². The van der Waals surface area contributed by atoms with Crippen LogP contribution in [0.2, 0.25) is 0 Å². The van der Waals surface area contributed by atoms with Crippen LogP contribution in [-0.2, 0) is 4.79 Å². The van der Waals surface area contributed by atoms with Crippen molar-refractivity contribution in [2.24, 2.45) is 0 Å². The van der Waals surface area contributed by atoms with Crippen LogP contribution in [-0.4, -0.2) is 23.7 Å². The average molecular weight is 486 g/mol. The highest BCUT2D eigenvalue weighted by molar-refractivity contribution is 5.99. The summed E-state index contributed by atoms with van der Waals surface area (Å²) < 4.78 is 7.83. The zero-order chi connectivity index (χ0) is 25.2. The van der Waals surface area contributed by atoms with Gasteiger partial charge in [-0.25, -0.2) is 0 Å². The van der Waals surface area contributed by atoms with Gasteiger partial charge in [0.1, 0.15) is 5.82 Å². The SMILES string of the molecule is CC(=O)Oc1cn(C2=C(c3ccccc3)CN(c3ccccc3)CN2c2ccccc2)c2ccccc12. The van der Waals surface area contributed by atoms with Crippen molar-refractivity contribution in [1.82, 2.24) is 4.57 Å². The summed E-state index contributed by atoms with van der Waals surface area (Å²) >= 11 is 0. The number of nitrogens with zero attached hydrogens (tertiary/aromatic N) is 3. The molecular formula is C32H27N3O2. The van der Waals surface area contributed by atoms with Crippen molar-refractivity contribution in [2.45, 2.75) is 6.92 Å². The van der Waals surface area contributed by atoms with Crippen LogP contribution in [0.25, 0.3) is 22.3 Å². The Morgan fingerprint density at radius 3 is 2.00 bits per heavy atom. The maximum Gasteiger partial charge on any atom is 0.308 e. The molecule has 0 bridgehead atoms. The van der Waals surface area contributed by atoms with Gasteiger partial charge in [0.2, 0.25) is 0 Å². The Morgan fingerprint density at radius 1 is 0.730 bits per heavy atom. The Bertz CT molecular complexity index is 1570. The van der Waals surface area contributed by atoms with Crippen LogP contribution in [0.5, 0.6) is 5.75 Å². The van der Waals surface area contributed by atoms with Gasteiger partial charge in [-0.1, -0.05) is 78.9 Å². The van der Waals surface area contributed by atoms with Crippen LogP contribution in [0.4, 0.5) is 11.4 Å².